The smallest absolute Gasteiger partial charge is 0.258 e. The molecule has 0 spiro atoms. The predicted molar refractivity (Wildman–Crippen MR) is 77.9 cm³/mol. The number of non-ortho nitro benzene ring substituents is 1. The van der Waals surface area contributed by atoms with Gasteiger partial charge in [-0.1, -0.05) is 18.2 Å². The Balaban J connectivity index is 2.24. The molecule has 0 aliphatic rings. The zero-order valence-corrected chi connectivity index (χ0v) is 10.9. The number of nitrogens with zero attached hydrogens (tertiary/aromatic N) is 3. The van der Waals surface area contributed by atoms with Crippen LogP contribution in [-0.2, 0) is 0 Å². The molecule has 0 N–H and O–H groups in total. The fourth-order valence-electron chi connectivity index (χ4n) is 1.76. The summed E-state index contributed by atoms with van der Waals surface area (Å²) in [4.78, 5) is 10.1. The number of rotatable bonds is 3. The summed E-state index contributed by atoms with van der Waals surface area (Å²) in [6, 6.07) is 15.0. The lowest BCUT2D eigenvalue weighted by molar-refractivity contribution is -0.384. The van der Waals surface area contributed by atoms with Crippen LogP contribution in [-0.4, -0.2) is 4.92 Å². The highest BCUT2D eigenvalue weighted by Gasteiger charge is 2.03. The first-order valence-corrected chi connectivity index (χ1v) is 6.01. The molecule has 0 unspecified atom stereocenters. The molecule has 5 nitrogen and oxygen atoms in total. The van der Waals surface area contributed by atoms with Crippen LogP contribution in [0.3, 0.4) is 0 Å². The molecule has 0 aliphatic carbocycles. The van der Waals surface area contributed by atoms with Gasteiger partial charge < -0.3 is 0 Å². The van der Waals surface area contributed by atoms with Crippen LogP contribution < -0.4 is 0 Å². The van der Waals surface area contributed by atoms with Crippen molar-refractivity contribution >= 4 is 17.8 Å². The van der Waals surface area contributed by atoms with Crippen LogP contribution in [0.4, 0.5) is 5.69 Å². The highest BCUT2D eigenvalue weighted by Crippen LogP contribution is 2.16. The van der Waals surface area contributed by atoms with Crippen molar-refractivity contribution in [1.82, 2.24) is 0 Å². The third-order valence-electron chi connectivity index (χ3n) is 2.86. The lowest BCUT2D eigenvalue weighted by Gasteiger charge is -1.98. The number of hydrogen-bond acceptors (Lipinski definition) is 4. The van der Waals surface area contributed by atoms with E-state index in [2.05, 4.69) is 0 Å². The normalized spacial score (nSPS) is 10.0. The third-order valence-corrected chi connectivity index (χ3v) is 2.86. The van der Waals surface area contributed by atoms with Gasteiger partial charge in [0.2, 0.25) is 0 Å². The van der Waals surface area contributed by atoms with Crippen LogP contribution >= 0.6 is 0 Å². The number of nitro groups is 1. The van der Waals surface area contributed by atoms with Gasteiger partial charge >= 0.3 is 0 Å². The summed E-state index contributed by atoms with van der Waals surface area (Å²) in [7, 11) is 0. The molecule has 0 atom stereocenters. The van der Waals surface area contributed by atoms with Crippen LogP contribution in [0.25, 0.3) is 12.2 Å². The summed E-state index contributed by atoms with van der Waals surface area (Å²) >= 11 is 0. The molecule has 21 heavy (non-hydrogen) atoms. The van der Waals surface area contributed by atoms with E-state index < -0.39 is 4.92 Å². The summed E-state index contributed by atoms with van der Waals surface area (Å²) in [5, 5.41) is 28.4. The Morgan fingerprint density at radius 1 is 0.905 bits per heavy atom. The van der Waals surface area contributed by atoms with E-state index in [9.17, 15) is 10.1 Å². The second-order valence-corrected chi connectivity index (χ2v) is 4.21. The number of benzene rings is 2. The molecule has 0 fully saturated rings. The Labute approximate surface area is 121 Å². The van der Waals surface area contributed by atoms with Gasteiger partial charge in [0.1, 0.15) is 12.1 Å². The highest BCUT2D eigenvalue weighted by molar-refractivity contribution is 5.71. The van der Waals surface area contributed by atoms with Crippen molar-refractivity contribution in [3.05, 3.63) is 74.8 Å². The topological polar surface area (TPSA) is 90.7 Å². The maximum atomic E-state index is 10.6. The molecule has 0 saturated heterocycles. The lowest BCUT2D eigenvalue weighted by atomic mass is 10.0. The van der Waals surface area contributed by atoms with Crippen molar-refractivity contribution in [2.45, 2.75) is 0 Å². The molecule has 0 radical (unpaired) electrons. The van der Waals surface area contributed by atoms with Crippen LogP contribution in [0, 0.1) is 32.8 Å². The summed E-state index contributed by atoms with van der Waals surface area (Å²) in [5.41, 5.74) is 2.29. The maximum Gasteiger partial charge on any atom is 0.269 e. The predicted octanol–water partition coefficient (Wildman–Crippen LogP) is 3.51. The fraction of sp³-hybridized carbons (Fsp3) is 0. The molecule has 0 saturated carbocycles. The molecule has 0 aromatic heterocycles. The first-order chi connectivity index (χ1) is 10.1. The zero-order valence-electron chi connectivity index (χ0n) is 10.9. The van der Waals surface area contributed by atoms with E-state index in [4.69, 9.17) is 10.5 Å². The quantitative estimate of drug-likeness (QED) is 0.487. The van der Waals surface area contributed by atoms with Crippen molar-refractivity contribution in [1.29, 1.82) is 10.5 Å². The van der Waals surface area contributed by atoms with Gasteiger partial charge in [0.15, 0.2) is 0 Å². The van der Waals surface area contributed by atoms with Crippen LogP contribution in [0.15, 0.2) is 42.5 Å². The Morgan fingerprint density at radius 3 is 2.05 bits per heavy atom. The van der Waals surface area contributed by atoms with Gasteiger partial charge in [0.05, 0.1) is 16.1 Å². The Hall–Kier alpha value is -3.44. The zero-order chi connectivity index (χ0) is 15.2. The van der Waals surface area contributed by atoms with Crippen molar-refractivity contribution < 1.29 is 4.92 Å². The highest BCUT2D eigenvalue weighted by atomic mass is 16.6. The third kappa shape index (κ3) is 3.31. The number of nitro benzene ring substituents is 1. The van der Waals surface area contributed by atoms with Crippen molar-refractivity contribution in [2.75, 3.05) is 0 Å². The van der Waals surface area contributed by atoms with Gasteiger partial charge in [-0.2, -0.15) is 10.5 Å². The van der Waals surface area contributed by atoms with E-state index in [0.717, 1.165) is 11.1 Å². The fourth-order valence-corrected chi connectivity index (χ4v) is 1.76. The average molecular weight is 275 g/mol. The standard InChI is InChI=1S/C16H9N3O2/c17-10-14-6-3-13(9-15(14)11-18)2-1-12-4-7-16(8-5-12)19(20)21/h1-9H/b2-1+. The molecule has 0 bridgehead atoms. The number of hydrogen-bond donors (Lipinski definition) is 0. The van der Waals surface area contributed by atoms with E-state index in [1.54, 1.807) is 42.5 Å². The molecular weight excluding hydrogens is 266 g/mol. The molecule has 0 heterocycles. The van der Waals surface area contributed by atoms with E-state index in [0.29, 0.717) is 11.1 Å². The van der Waals surface area contributed by atoms with E-state index in [1.165, 1.54) is 12.1 Å². The minimum absolute atomic E-state index is 0.0392. The van der Waals surface area contributed by atoms with Gasteiger partial charge in [0, 0.05) is 12.1 Å². The van der Waals surface area contributed by atoms with Gasteiger partial charge in [0.25, 0.3) is 5.69 Å². The van der Waals surface area contributed by atoms with Crippen molar-refractivity contribution in [3.8, 4) is 12.1 Å². The molecule has 2 rings (SSSR count). The molecular formula is C16H9N3O2. The van der Waals surface area contributed by atoms with Gasteiger partial charge in [-0.3, -0.25) is 10.1 Å². The first-order valence-electron chi connectivity index (χ1n) is 6.01. The first kappa shape index (κ1) is 14.0. The lowest BCUT2D eigenvalue weighted by Crippen LogP contribution is -1.86. The van der Waals surface area contributed by atoms with Crippen molar-refractivity contribution in [2.24, 2.45) is 0 Å². The summed E-state index contributed by atoms with van der Waals surface area (Å²) in [6.45, 7) is 0. The largest absolute Gasteiger partial charge is 0.269 e. The van der Waals surface area contributed by atoms with Crippen LogP contribution in [0.2, 0.25) is 0 Å². The Morgan fingerprint density at radius 2 is 1.48 bits per heavy atom. The minimum Gasteiger partial charge on any atom is -0.258 e. The molecule has 0 amide bonds. The molecule has 2 aromatic rings. The minimum atomic E-state index is -0.451. The second kappa shape index (κ2) is 6.14. The van der Waals surface area contributed by atoms with Crippen LogP contribution in [0.1, 0.15) is 22.3 Å². The van der Waals surface area contributed by atoms with Crippen LogP contribution in [0.5, 0.6) is 0 Å². The summed E-state index contributed by atoms with van der Waals surface area (Å²) in [5.74, 6) is 0. The van der Waals surface area contributed by atoms with Crippen molar-refractivity contribution in [3.63, 3.8) is 0 Å². The summed E-state index contributed by atoms with van der Waals surface area (Å²) < 4.78 is 0. The SMILES string of the molecule is N#Cc1ccc(/C=C/c2ccc([N+](=O)[O-])cc2)cc1C#N. The van der Waals surface area contributed by atoms with E-state index >= 15 is 0 Å². The van der Waals surface area contributed by atoms with E-state index in [1.807, 2.05) is 12.1 Å². The monoisotopic (exact) mass is 275 g/mol. The molecule has 100 valence electrons. The van der Waals surface area contributed by atoms with E-state index in [-0.39, 0.29) is 5.69 Å². The average Bonchev–Trinajstić information content (AvgIpc) is 2.52. The van der Waals surface area contributed by atoms with Gasteiger partial charge in [-0.05, 0) is 35.4 Å². The van der Waals surface area contributed by atoms with Gasteiger partial charge in [-0.25, -0.2) is 0 Å². The molecule has 2 aromatic carbocycles. The van der Waals surface area contributed by atoms with Gasteiger partial charge in [-0.15, -0.1) is 0 Å². The Kier molecular flexibility index (Phi) is 4.09. The maximum absolute atomic E-state index is 10.6. The summed E-state index contributed by atoms with van der Waals surface area (Å²) in [6.07, 6.45) is 3.56. The second-order valence-electron chi connectivity index (χ2n) is 4.21. The molecule has 0 aliphatic heterocycles. The Bertz CT molecular complexity index is 794. The number of nitriles is 2. The molecule has 5 heteroatoms.